The average molecular weight is 413 g/mol. The van der Waals surface area contributed by atoms with Crippen molar-refractivity contribution in [2.24, 2.45) is 0 Å². The van der Waals surface area contributed by atoms with Gasteiger partial charge in [0.2, 0.25) is 0 Å². The molecule has 5 nitrogen and oxygen atoms in total. The lowest BCUT2D eigenvalue weighted by atomic mass is 10.2. The second-order valence-electron chi connectivity index (χ2n) is 4.28. The highest BCUT2D eigenvalue weighted by Gasteiger charge is 2.14. The van der Waals surface area contributed by atoms with Crippen LogP contribution in [-0.2, 0) is 0 Å². The normalized spacial score (nSPS) is 10.8. The molecule has 0 bridgehead atoms. The molecule has 2 N–H and O–H groups in total. The molecule has 3 aromatic rings. The standard InChI is InChI=1S/C13H8Br2FN5/c14-8-1-2-11(15)12(5-8)21-13(18-19-20-21)7-3-9(16)6-10(17)4-7/h1-6H,17H2. The third kappa shape index (κ3) is 2.81. The molecule has 3 rings (SSSR count). The molecule has 0 atom stereocenters. The van der Waals surface area contributed by atoms with Gasteiger partial charge in [-0.15, -0.1) is 5.10 Å². The summed E-state index contributed by atoms with van der Waals surface area (Å²) in [5, 5.41) is 11.6. The van der Waals surface area contributed by atoms with Crippen molar-refractivity contribution >= 4 is 37.5 Å². The van der Waals surface area contributed by atoms with Gasteiger partial charge in [-0.1, -0.05) is 15.9 Å². The maximum absolute atomic E-state index is 13.5. The smallest absolute Gasteiger partial charge is 0.187 e. The van der Waals surface area contributed by atoms with Gasteiger partial charge in [0.15, 0.2) is 5.82 Å². The molecule has 0 unspecified atom stereocenters. The molecular formula is C13H8Br2FN5. The SMILES string of the molecule is Nc1cc(F)cc(-c2nnnn2-c2cc(Br)ccc2Br)c1. The zero-order valence-electron chi connectivity index (χ0n) is 10.5. The predicted molar refractivity (Wildman–Crippen MR) is 84.4 cm³/mol. The van der Waals surface area contributed by atoms with E-state index < -0.39 is 5.82 Å². The molecule has 2 aromatic carbocycles. The lowest BCUT2D eigenvalue weighted by Gasteiger charge is -2.08. The van der Waals surface area contributed by atoms with Gasteiger partial charge in [0, 0.05) is 20.2 Å². The molecule has 1 aromatic heterocycles. The number of tetrazole rings is 1. The number of nitrogens with two attached hydrogens (primary N) is 1. The van der Waals surface area contributed by atoms with Crippen LogP contribution in [0.3, 0.4) is 0 Å². The Balaban J connectivity index is 2.19. The zero-order valence-corrected chi connectivity index (χ0v) is 13.6. The van der Waals surface area contributed by atoms with Crippen molar-refractivity contribution in [2.45, 2.75) is 0 Å². The van der Waals surface area contributed by atoms with Crippen LogP contribution in [0.4, 0.5) is 10.1 Å². The summed E-state index contributed by atoms with van der Waals surface area (Å²) in [7, 11) is 0. The monoisotopic (exact) mass is 411 g/mol. The van der Waals surface area contributed by atoms with E-state index >= 15 is 0 Å². The predicted octanol–water partition coefficient (Wildman–Crippen LogP) is 3.58. The van der Waals surface area contributed by atoms with Gasteiger partial charge in [0.1, 0.15) is 5.82 Å². The van der Waals surface area contributed by atoms with E-state index in [1.807, 2.05) is 18.2 Å². The first kappa shape index (κ1) is 14.2. The highest BCUT2D eigenvalue weighted by atomic mass is 79.9. The number of rotatable bonds is 2. The lowest BCUT2D eigenvalue weighted by Crippen LogP contribution is -2.01. The number of hydrogen-bond acceptors (Lipinski definition) is 4. The number of hydrogen-bond donors (Lipinski definition) is 1. The molecule has 0 saturated heterocycles. The summed E-state index contributed by atoms with van der Waals surface area (Å²) < 4.78 is 16.7. The summed E-state index contributed by atoms with van der Waals surface area (Å²) in [5.41, 5.74) is 7.22. The Morgan fingerprint density at radius 1 is 1.10 bits per heavy atom. The molecule has 0 amide bonds. The summed E-state index contributed by atoms with van der Waals surface area (Å²) in [5.74, 6) is -0.0344. The molecule has 0 aliphatic heterocycles. The van der Waals surface area contributed by atoms with E-state index in [-0.39, 0.29) is 0 Å². The Hall–Kier alpha value is -1.80. The number of nitrogens with zero attached hydrogens (tertiary/aromatic N) is 4. The van der Waals surface area contributed by atoms with Gasteiger partial charge in [-0.05, 0) is 62.8 Å². The second kappa shape index (κ2) is 5.53. The minimum atomic E-state index is -0.437. The fraction of sp³-hybridized carbons (Fsp3) is 0. The topological polar surface area (TPSA) is 69.6 Å². The summed E-state index contributed by atoms with van der Waals surface area (Å²) in [6.45, 7) is 0. The summed E-state index contributed by atoms with van der Waals surface area (Å²) in [4.78, 5) is 0. The first-order valence-corrected chi connectivity index (χ1v) is 7.43. The van der Waals surface area contributed by atoms with Crippen molar-refractivity contribution in [2.75, 3.05) is 5.73 Å². The van der Waals surface area contributed by atoms with Crippen LogP contribution >= 0.6 is 31.9 Å². The van der Waals surface area contributed by atoms with Crippen LogP contribution in [0.5, 0.6) is 0 Å². The van der Waals surface area contributed by atoms with E-state index in [0.29, 0.717) is 17.1 Å². The number of aromatic nitrogens is 4. The van der Waals surface area contributed by atoms with Gasteiger partial charge in [-0.25, -0.2) is 4.39 Å². The minimum absolute atomic E-state index is 0.313. The van der Waals surface area contributed by atoms with Crippen LogP contribution in [0.2, 0.25) is 0 Å². The molecule has 106 valence electrons. The number of benzene rings is 2. The van der Waals surface area contributed by atoms with Gasteiger partial charge >= 0.3 is 0 Å². The second-order valence-corrected chi connectivity index (χ2v) is 6.05. The van der Waals surface area contributed by atoms with Crippen molar-refractivity contribution < 1.29 is 4.39 Å². The zero-order chi connectivity index (χ0) is 15.0. The highest BCUT2D eigenvalue weighted by molar-refractivity contribution is 9.11. The molecular weight excluding hydrogens is 405 g/mol. The Bertz CT molecular complexity index is 798. The molecule has 1 heterocycles. The van der Waals surface area contributed by atoms with Gasteiger partial charge in [0.25, 0.3) is 0 Å². The number of anilines is 1. The Kier molecular flexibility index (Phi) is 3.73. The van der Waals surface area contributed by atoms with E-state index in [0.717, 1.165) is 14.6 Å². The van der Waals surface area contributed by atoms with Gasteiger partial charge in [-0.2, -0.15) is 4.68 Å². The van der Waals surface area contributed by atoms with Gasteiger partial charge in [-0.3, -0.25) is 0 Å². The first-order valence-electron chi connectivity index (χ1n) is 5.85. The number of nitrogen functional groups attached to an aromatic ring is 1. The van der Waals surface area contributed by atoms with Crippen LogP contribution in [-0.4, -0.2) is 20.2 Å². The minimum Gasteiger partial charge on any atom is -0.399 e. The molecule has 0 aliphatic carbocycles. The van der Waals surface area contributed by atoms with Crippen LogP contribution in [0.1, 0.15) is 0 Å². The van der Waals surface area contributed by atoms with Crippen LogP contribution in [0.15, 0.2) is 45.3 Å². The maximum atomic E-state index is 13.5. The van der Waals surface area contributed by atoms with Crippen molar-refractivity contribution in [1.29, 1.82) is 0 Å². The van der Waals surface area contributed by atoms with E-state index in [9.17, 15) is 4.39 Å². The van der Waals surface area contributed by atoms with Crippen molar-refractivity contribution in [3.8, 4) is 17.1 Å². The fourth-order valence-corrected chi connectivity index (χ4v) is 2.68. The molecule has 0 aliphatic rings. The molecule has 0 spiro atoms. The number of halogens is 3. The van der Waals surface area contributed by atoms with Crippen molar-refractivity contribution in [3.05, 3.63) is 51.2 Å². The van der Waals surface area contributed by atoms with Crippen LogP contribution in [0.25, 0.3) is 17.1 Å². The molecule has 21 heavy (non-hydrogen) atoms. The highest BCUT2D eigenvalue weighted by Crippen LogP contribution is 2.28. The van der Waals surface area contributed by atoms with Crippen LogP contribution in [0, 0.1) is 5.82 Å². The molecule has 0 saturated carbocycles. The largest absolute Gasteiger partial charge is 0.399 e. The Labute approximate surface area is 136 Å². The third-order valence-corrected chi connectivity index (χ3v) is 3.95. The maximum Gasteiger partial charge on any atom is 0.187 e. The Morgan fingerprint density at radius 3 is 2.67 bits per heavy atom. The van der Waals surface area contributed by atoms with Crippen LogP contribution < -0.4 is 5.73 Å². The average Bonchev–Trinajstić information content (AvgIpc) is 2.89. The quantitative estimate of drug-likeness (QED) is 0.653. The summed E-state index contributed by atoms with van der Waals surface area (Å²) >= 11 is 6.85. The summed E-state index contributed by atoms with van der Waals surface area (Å²) in [6.07, 6.45) is 0. The molecule has 8 heteroatoms. The van der Waals surface area contributed by atoms with E-state index in [4.69, 9.17) is 5.73 Å². The van der Waals surface area contributed by atoms with E-state index in [1.165, 1.54) is 16.8 Å². The van der Waals surface area contributed by atoms with Gasteiger partial charge < -0.3 is 5.73 Å². The lowest BCUT2D eigenvalue weighted by molar-refractivity contribution is 0.628. The molecule has 0 radical (unpaired) electrons. The van der Waals surface area contributed by atoms with Crippen molar-refractivity contribution in [3.63, 3.8) is 0 Å². The fourth-order valence-electron chi connectivity index (χ4n) is 1.92. The Morgan fingerprint density at radius 2 is 1.90 bits per heavy atom. The first-order chi connectivity index (χ1) is 10.0. The van der Waals surface area contributed by atoms with E-state index in [1.54, 1.807) is 6.07 Å². The van der Waals surface area contributed by atoms with Crippen molar-refractivity contribution in [1.82, 2.24) is 20.2 Å². The third-order valence-electron chi connectivity index (χ3n) is 2.78. The van der Waals surface area contributed by atoms with Gasteiger partial charge in [0.05, 0.1) is 5.69 Å². The summed E-state index contributed by atoms with van der Waals surface area (Å²) in [6, 6.07) is 9.81. The molecule has 0 fully saturated rings. The van der Waals surface area contributed by atoms with E-state index in [2.05, 4.69) is 47.4 Å².